The Morgan fingerprint density at radius 1 is 1.08 bits per heavy atom. The van der Waals surface area contributed by atoms with Gasteiger partial charge in [0.05, 0.1) is 15.5 Å². The van der Waals surface area contributed by atoms with Crippen molar-refractivity contribution in [1.29, 1.82) is 0 Å². The second-order valence-electron chi connectivity index (χ2n) is 5.89. The van der Waals surface area contributed by atoms with Crippen LogP contribution in [0.15, 0.2) is 47.4 Å². The van der Waals surface area contributed by atoms with Crippen molar-refractivity contribution in [2.75, 3.05) is 10.8 Å². The second kappa shape index (κ2) is 7.01. The van der Waals surface area contributed by atoms with Crippen LogP contribution in [0.25, 0.3) is 0 Å². The third-order valence-electron chi connectivity index (χ3n) is 4.27. The van der Waals surface area contributed by atoms with E-state index in [0.29, 0.717) is 12.2 Å². The van der Waals surface area contributed by atoms with Crippen molar-refractivity contribution >= 4 is 33.0 Å². The number of para-hydroxylation sites is 1. The lowest BCUT2D eigenvalue weighted by molar-refractivity contribution is -0.384. The van der Waals surface area contributed by atoms with E-state index in [1.54, 1.807) is 12.1 Å². The van der Waals surface area contributed by atoms with Crippen molar-refractivity contribution in [3.63, 3.8) is 0 Å². The van der Waals surface area contributed by atoms with Gasteiger partial charge in [0.2, 0.25) is 0 Å². The Bertz CT molecular complexity index is 915. The molecule has 1 heterocycles. The summed E-state index contributed by atoms with van der Waals surface area (Å²) in [6, 6.07) is 11.0. The number of hydrogen-bond donors (Lipinski definition) is 0. The van der Waals surface area contributed by atoms with Gasteiger partial charge in [0.15, 0.2) is 0 Å². The zero-order valence-corrected chi connectivity index (χ0v) is 15.0. The highest BCUT2D eigenvalue weighted by molar-refractivity contribution is 7.92. The largest absolute Gasteiger partial charge is 0.289 e. The lowest BCUT2D eigenvalue weighted by atomic mass is 10.0. The molecule has 0 aliphatic carbocycles. The highest BCUT2D eigenvalue weighted by atomic mass is 35.5. The number of aryl methyl sites for hydroxylation is 1. The van der Waals surface area contributed by atoms with Gasteiger partial charge in [0.1, 0.15) is 5.02 Å². The molecule has 3 rings (SSSR count). The maximum absolute atomic E-state index is 13.2. The fraction of sp³-hybridized carbons (Fsp3) is 0.294. The summed E-state index contributed by atoms with van der Waals surface area (Å²) in [5.74, 6) is 0. The van der Waals surface area contributed by atoms with E-state index in [1.807, 2.05) is 12.1 Å². The van der Waals surface area contributed by atoms with Gasteiger partial charge in [-0.1, -0.05) is 36.2 Å². The standard InChI is InChI=1S/C17H17ClN2O4S/c18-15-10-9-14(12-17(15)20(21)22)25(23,24)19-11-5-1-2-6-13-7-3-4-8-16(13)19/h3-4,7-10,12H,1-2,5-6,11H2. The molecule has 0 N–H and O–H groups in total. The monoisotopic (exact) mass is 380 g/mol. The molecule has 6 nitrogen and oxygen atoms in total. The van der Waals surface area contributed by atoms with Gasteiger partial charge in [0.25, 0.3) is 15.7 Å². The number of anilines is 1. The SMILES string of the molecule is O=[N+]([O-])c1cc(S(=O)(=O)N2CCCCCc3ccccc32)ccc1Cl. The van der Waals surface area contributed by atoms with E-state index in [2.05, 4.69) is 0 Å². The van der Waals surface area contributed by atoms with Gasteiger partial charge in [-0.25, -0.2) is 8.42 Å². The number of nitro benzene ring substituents is 1. The molecule has 132 valence electrons. The summed E-state index contributed by atoms with van der Waals surface area (Å²) in [6.45, 7) is 0.343. The number of hydrogen-bond acceptors (Lipinski definition) is 4. The lowest BCUT2D eigenvalue weighted by Gasteiger charge is -2.28. The van der Waals surface area contributed by atoms with E-state index < -0.39 is 20.6 Å². The maximum Gasteiger partial charge on any atom is 0.289 e. The third kappa shape index (κ3) is 3.48. The average Bonchev–Trinajstić information content (AvgIpc) is 2.55. The van der Waals surface area contributed by atoms with Crippen molar-refractivity contribution < 1.29 is 13.3 Å². The minimum Gasteiger partial charge on any atom is -0.266 e. The van der Waals surface area contributed by atoms with E-state index in [9.17, 15) is 18.5 Å². The normalized spacial score (nSPS) is 15.2. The summed E-state index contributed by atoms with van der Waals surface area (Å²) in [5.41, 5.74) is 1.19. The minimum absolute atomic E-state index is 0.0861. The van der Waals surface area contributed by atoms with Crippen molar-refractivity contribution in [1.82, 2.24) is 0 Å². The van der Waals surface area contributed by atoms with Crippen molar-refractivity contribution in [2.45, 2.75) is 30.6 Å². The van der Waals surface area contributed by atoms with Crippen LogP contribution in [0.4, 0.5) is 11.4 Å². The number of benzene rings is 2. The molecule has 0 radical (unpaired) electrons. The molecule has 0 amide bonds. The van der Waals surface area contributed by atoms with Crippen LogP contribution in [0.2, 0.25) is 5.02 Å². The Kier molecular flexibility index (Phi) is 4.96. The topological polar surface area (TPSA) is 80.5 Å². The van der Waals surface area contributed by atoms with E-state index in [-0.39, 0.29) is 9.92 Å². The molecule has 0 aromatic heterocycles. The average molecular weight is 381 g/mol. The first-order valence-electron chi connectivity index (χ1n) is 7.96. The lowest BCUT2D eigenvalue weighted by Crippen LogP contribution is -2.33. The molecule has 1 aliphatic heterocycles. The van der Waals surface area contributed by atoms with Crippen LogP contribution in [-0.2, 0) is 16.4 Å². The molecule has 0 unspecified atom stereocenters. The summed E-state index contributed by atoms with van der Waals surface area (Å²) in [7, 11) is -3.92. The van der Waals surface area contributed by atoms with Crippen LogP contribution < -0.4 is 4.31 Å². The first-order valence-corrected chi connectivity index (χ1v) is 9.77. The van der Waals surface area contributed by atoms with E-state index in [4.69, 9.17) is 11.6 Å². The van der Waals surface area contributed by atoms with Gasteiger partial charge in [-0.3, -0.25) is 14.4 Å². The van der Waals surface area contributed by atoms with Crippen LogP contribution in [0.5, 0.6) is 0 Å². The van der Waals surface area contributed by atoms with Gasteiger partial charge in [-0.2, -0.15) is 0 Å². The molecular formula is C17H17ClN2O4S. The van der Waals surface area contributed by atoms with Gasteiger partial charge in [-0.15, -0.1) is 0 Å². The number of rotatable bonds is 3. The maximum atomic E-state index is 13.2. The fourth-order valence-electron chi connectivity index (χ4n) is 3.00. The molecule has 0 saturated heterocycles. The number of nitrogens with zero attached hydrogens (tertiary/aromatic N) is 2. The Morgan fingerprint density at radius 3 is 2.60 bits per heavy atom. The molecule has 8 heteroatoms. The van der Waals surface area contributed by atoms with Crippen LogP contribution in [0, 0.1) is 10.1 Å². The Hall–Kier alpha value is -2.12. The molecule has 0 saturated carbocycles. The molecule has 2 aromatic rings. The first kappa shape index (κ1) is 17.7. The van der Waals surface area contributed by atoms with Crippen LogP contribution >= 0.6 is 11.6 Å². The van der Waals surface area contributed by atoms with E-state index in [0.717, 1.165) is 37.3 Å². The van der Waals surface area contributed by atoms with Crippen molar-refractivity contribution in [3.8, 4) is 0 Å². The van der Waals surface area contributed by atoms with Crippen molar-refractivity contribution in [3.05, 3.63) is 63.2 Å². The number of sulfonamides is 1. The zero-order chi connectivity index (χ0) is 18.0. The molecule has 1 aliphatic rings. The predicted molar refractivity (Wildman–Crippen MR) is 96.6 cm³/mol. The fourth-order valence-corrected chi connectivity index (χ4v) is 4.75. The molecule has 2 aromatic carbocycles. The highest BCUT2D eigenvalue weighted by Crippen LogP contribution is 2.33. The molecule has 0 fully saturated rings. The zero-order valence-electron chi connectivity index (χ0n) is 13.4. The third-order valence-corrected chi connectivity index (χ3v) is 6.40. The quantitative estimate of drug-likeness (QED) is 0.591. The van der Waals surface area contributed by atoms with Gasteiger partial charge in [-0.05, 0) is 43.0 Å². The minimum atomic E-state index is -3.92. The second-order valence-corrected chi connectivity index (χ2v) is 8.16. The van der Waals surface area contributed by atoms with Crippen molar-refractivity contribution in [2.24, 2.45) is 0 Å². The van der Waals surface area contributed by atoms with Gasteiger partial charge >= 0.3 is 0 Å². The Balaban J connectivity index is 2.11. The van der Waals surface area contributed by atoms with Gasteiger partial charge in [0, 0.05) is 12.6 Å². The molecule has 0 atom stereocenters. The summed E-state index contributed by atoms with van der Waals surface area (Å²) in [5, 5.41) is 11.0. The van der Waals surface area contributed by atoms with Crippen LogP contribution in [0.3, 0.4) is 0 Å². The van der Waals surface area contributed by atoms with E-state index >= 15 is 0 Å². The molecule has 0 spiro atoms. The Labute approximate surface area is 151 Å². The van der Waals surface area contributed by atoms with Crippen LogP contribution in [0.1, 0.15) is 24.8 Å². The van der Waals surface area contributed by atoms with E-state index in [1.165, 1.54) is 16.4 Å². The summed E-state index contributed by atoms with van der Waals surface area (Å²) in [4.78, 5) is 10.3. The number of fused-ring (bicyclic) bond motifs is 1. The Morgan fingerprint density at radius 2 is 1.84 bits per heavy atom. The number of halogens is 1. The molecule has 0 bridgehead atoms. The van der Waals surface area contributed by atoms with Gasteiger partial charge < -0.3 is 0 Å². The van der Waals surface area contributed by atoms with Crippen LogP contribution in [-0.4, -0.2) is 19.9 Å². The first-order chi connectivity index (χ1) is 11.9. The number of nitro groups is 1. The highest BCUT2D eigenvalue weighted by Gasteiger charge is 2.29. The summed E-state index contributed by atoms with van der Waals surface area (Å²) >= 11 is 5.81. The predicted octanol–water partition coefficient (Wildman–Crippen LogP) is 4.17. The summed E-state index contributed by atoms with van der Waals surface area (Å²) < 4.78 is 27.7. The molecule has 25 heavy (non-hydrogen) atoms. The smallest absolute Gasteiger partial charge is 0.266 e. The summed E-state index contributed by atoms with van der Waals surface area (Å²) in [6.07, 6.45) is 3.49. The molecular weight excluding hydrogens is 364 g/mol.